The number of methoxy groups -OCH3 is 1. The number of hydrogen-bond donors (Lipinski definition) is 2. The van der Waals surface area contributed by atoms with Crippen molar-refractivity contribution in [2.75, 3.05) is 7.11 Å². The topological polar surface area (TPSA) is 150 Å². The van der Waals surface area contributed by atoms with Crippen LogP contribution in [0.25, 0.3) is 0 Å². The van der Waals surface area contributed by atoms with Crippen LogP contribution < -0.4 is 15.8 Å². The minimum atomic E-state index is -4.16. The van der Waals surface area contributed by atoms with Gasteiger partial charge in [-0.2, -0.15) is 8.42 Å². The molecule has 0 saturated heterocycles. The van der Waals surface area contributed by atoms with Crippen molar-refractivity contribution in [3.63, 3.8) is 0 Å². The molecule has 0 fully saturated rings. The molecule has 1 aromatic heterocycles. The number of thiazole rings is 1. The average molecular weight is 587 g/mol. The molecule has 3 N–H and O–H groups in total. The third-order valence-corrected chi connectivity index (χ3v) is 8.36. The smallest absolute Gasteiger partial charge is 0.408 e. The maximum Gasteiger partial charge on any atom is 0.408 e. The molecule has 3 aromatic rings. The number of carbonyl (C=O) groups excluding carboxylic acids is 2. The number of benzene rings is 2. The minimum absolute atomic E-state index is 0.0700. The van der Waals surface area contributed by atoms with Crippen LogP contribution in [0.15, 0.2) is 51.2 Å². The van der Waals surface area contributed by atoms with E-state index in [-0.39, 0.29) is 27.9 Å². The maximum absolute atomic E-state index is 13.3. The van der Waals surface area contributed by atoms with Crippen molar-refractivity contribution in [1.29, 1.82) is 0 Å². The Morgan fingerprint density at radius 1 is 1.15 bits per heavy atom. The lowest BCUT2D eigenvalue weighted by Gasteiger charge is -2.23. The number of amides is 1. The molecule has 10 nitrogen and oxygen atoms in total. The molecule has 214 valence electrons. The molecule has 12 heteroatoms. The van der Waals surface area contributed by atoms with Gasteiger partial charge < -0.3 is 20.5 Å². The van der Waals surface area contributed by atoms with Gasteiger partial charge in [-0.25, -0.2) is 9.78 Å². The van der Waals surface area contributed by atoms with Gasteiger partial charge in [0.1, 0.15) is 23.2 Å². The van der Waals surface area contributed by atoms with Crippen LogP contribution in [-0.2, 0) is 21.2 Å². The van der Waals surface area contributed by atoms with Crippen LogP contribution in [0.2, 0.25) is 0 Å². The fourth-order valence-electron chi connectivity index (χ4n) is 4.10. The minimum Gasteiger partial charge on any atom is -0.496 e. The van der Waals surface area contributed by atoms with Gasteiger partial charge in [0.2, 0.25) is 5.78 Å². The second-order valence-electron chi connectivity index (χ2n) is 10.2. The predicted octanol–water partition coefficient (Wildman–Crippen LogP) is 4.49. The largest absolute Gasteiger partial charge is 0.496 e. The van der Waals surface area contributed by atoms with E-state index in [2.05, 4.69) is 14.7 Å². The van der Waals surface area contributed by atoms with Crippen LogP contribution in [0.1, 0.15) is 58.4 Å². The van der Waals surface area contributed by atoms with Crippen LogP contribution in [-0.4, -0.2) is 49.9 Å². The highest BCUT2D eigenvalue weighted by Crippen LogP contribution is 2.31. The highest BCUT2D eigenvalue weighted by molar-refractivity contribution is 7.90. The summed E-state index contributed by atoms with van der Waals surface area (Å²) in [5, 5.41) is 4.54. The number of rotatable bonds is 9. The highest BCUT2D eigenvalue weighted by atomic mass is 32.2. The quantitative estimate of drug-likeness (QED) is 0.212. The Hall–Kier alpha value is -3.77. The molecular formula is C28H34N4O6S2. The van der Waals surface area contributed by atoms with E-state index in [9.17, 15) is 18.0 Å². The normalized spacial score (nSPS) is 13.0. The third-order valence-electron chi connectivity index (χ3n) is 5.99. The van der Waals surface area contributed by atoms with Gasteiger partial charge in [0.25, 0.3) is 10.0 Å². The highest BCUT2D eigenvalue weighted by Gasteiger charge is 2.28. The van der Waals surface area contributed by atoms with Crippen molar-refractivity contribution >= 4 is 39.1 Å². The number of sulfonamides is 1. The number of ether oxygens (including phenoxy) is 2. The van der Waals surface area contributed by atoms with E-state index in [1.165, 1.54) is 13.3 Å². The molecule has 40 heavy (non-hydrogen) atoms. The molecule has 0 spiro atoms. The second-order valence-corrected chi connectivity index (χ2v) is 12.7. The summed E-state index contributed by atoms with van der Waals surface area (Å²) >= 11 is 1.16. The SMILES string of the molecule is COc1cc(C)c(S(=O)(=O)N=C(N)c2cccc(C[C@@H](NC(=O)OC(C)(C)C)C(=O)c3nccs3)c2)c(C)c1C. The Bertz CT molecular complexity index is 1540. The second kappa shape index (κ2) is 12.2. The molecule has 0 bridgehead atoms. The Morgan fingerprint density at radius 2 is 1.85 bits per heavy atom. The van der Waals surface area contributed by atoms with E-state index in [1.807, 2.05) is 0 Å². The summed E-state index contributed by atoms with van der Waals surface area (Å²) < 4.78 is 41.2. The van der Waals surface area contributed by atoms with Crippen molar-refractivity contribution in [2.24, 2.45) is 10.1 Å². The first-order chi connectivity index (χ1) is 18.6. The lowest BCUT2D eigenvalue weighted by atomic mass is 10.0. The average Bonchev–Trinajstić information content (AvgIpc) is 3.39. The number of nitrogens with zero attached hydrogens (tertiary/aromatic N) is 2. The van der Waals surface area contributed by atoms with Crippen molar-refractivity contribution in [3.05, 3.63) is 74.7 Å². The molecule has 0 unspecified atom stereocenters. The molecule has 0 aliphatic heterocycles. The fourth-order valence-corrected chi connectivity index (χ4v) is 6.20. The van der Waals surface area contributed by atoms with Gasteiger partial charge in [-0.3, -0.25) is 4.79 Å². The van der Waals surface area contributed by atoms with E-state index < -0.39 is 27.8 Å². The standard InChI is InChI=1S/C28H34N4O6S2/c1-16-13-22(37-7)17(2)18(3)24(16)40(35,36)32-25(29)20-10-8-9-19(14-20)15-21(23(33)26-30-11-12-39-26)31-27(34)38-28(4,5)6/h8-14,21H,15H2,1-7H3,(H2,29,32)(H,31,34)/t21-/m1/s1. The van der Waals surface area contributed by atoms with E-state index in [0.29, 0.717) is 33.6 Å². The van der Waals surface area contributed by atoms with Crippen molar-refractivity contribution in [3.8, 4) is 5.75 Å². The van der Waals surface area contributed by atoms with Gasteiger partial charge in [0.15, 0.2) is 5.01 Å². The Balaban J connectivity index is 1.93. The number of hydrogen-bond acceptors (Lipinski definition) is 8. The number of Topliss-reactive ketones (excluding diaryl/α,β-unsaturated/α-hetero) is 1. The lowest BCUT2D eigenvalue weighted by Crippen LogP contribution is -2.44. The Labute approximate surface area is 238 Å². The number of aryl methyl sites for hydroxylation is 1. The molecule has 3 rings (SSSR count). The summed E-state index contributed by atoms with van der Waals surface area (Å²) in [5.41, 5.74) is 8.09. The van der Waals surface area contributed by atoms with Crippen molar-refractivity contribution in [1.82, 2.24) is 10.3 Å². The van der Waals surface area contributed by atoms with Gasteiger partial charge in [0.05, 0.1) is 12.0 Å². The summed E-state index contributed by atoms with van der Waals surface area (Å²) in [6, 6.07) is 7.34. The number of carbonyl (C=O) groups is 2. The Morgan fingerprint density at radius 3 is 2.45 bits per heavy atom. The Kier molecular flexibility index (Phi) is 9.36. The van der Waals surface area contributed by atoms with Crippen LogP contribution in [0.5, 0.6) is 5.75 Å². The fraction of sp³-hybridized carbons (Fsp3) is 0.357. The van der Waals surface area contributed by atoms with Crippen LogP contribution in [0.4, 0.5) is 4.79 Å². The number of nitrogens with one attached hydrogen (secondary N) is 1. The molecule has 0 aliphatic rings. The first kappa shape index (κ1) is 30.8. The van der Waals surface area contributed by atoms with E-state index in [4.69, 9.17) is 15.2 Å². The number of amidine groups is 1. The number of nitrogens with two attached hydrogens (primary N) is 1. The van der Waals surface area contributed by atoms with Crippen LogP contribution in [0.3, 0.4) is 0 Å². The molecule has 1 heterocycles. The molecule has 0 saturated carbocycles. The number of aromatic nitrogens is 1. The number of ketones is 1. The monoisotopic (exact) mass is 586 g/mol. The molecule has 1 atom stereocenters. The first-order valence-electron chi connectivity index (χ1n) is 12.4. The number of alkyl carbamates (subject to hydrolysis) is 1. The maximum atomic E-state index is 13.3. The van der Waals surface area contributed by atoms with Gasteiger partial charge in [0, 0.05) is 23.6 Å². The summed E-state index contributed by atoms with van der Waals surface area (Å²) in [5.74, 6) is -0.00577. The molecule has 0 aliphatic carbocycles. The van der Waals surface area contributed by atoms with E-state index in [0.717, 1.165) is 11.3 Å². The van der Waals surface area contributed by atoms with E-state index in [1.54, 1.807) is 77.3 Å². The van der Waals surface area contributed by atoms with Gasteiger partial charge in [-0.05, 0) is 75.9 Å². The summed E-state index contributed by atoms with van der Waals surface area (Å²) in [4.78, 5) is 29.8. The molecular weight excluding hydrogens is 552 g/mol. The zero-order chi connectivity index (χ0) is 29.8. The molecule has 2 aromatic carbocycles. The summed E-state index contributed by atoms with van der Waals surface area (Å²) in [6.07, 6.45) is 0.849. The van der Waals surface area contributed by atoms with Crippen LogP contribution in [0, 0.1) is 20.8 Å². The van der Waals surface area contributed by atoms with Crippen LogP contribution >= 0.6 is 11.3 Å². The predicted molar refractivity (Wildman–Crippen MR) is 155 cm³/mol. The summed E-state index contributed by atoms with van der Waals surface area (Å²) in [6.45, 7) is 10.3. The first-order valence-corrected chi connectivity index (χ1v) is 14.7. The van der Waals surface area contributed by atoms with Gasteiger partial charge in [-0.15, -0.1) is 15.7 Å². The van der Waals surface area contributed by atoms with Crippen molar-refractivity contribution < 1.29 is 27.5 Å². The zero-order valence-electron chi connectivity index (χ0n) is 23.6. The van der Waals surface area contributed by atoms with Crippen molar-refractivity contribution in [2.45, 2.75) is 64.5 Å². The summed E-state index contributed by atoms with van der Waals surface area (Å²) in [7, 11) is -2.63. The van der Waals surface area contributed by atoms with Gasteiger partial charge >= 0.3 is 6.09 Å². The molecule has 0 radical (unpaired) electrons. The third kappa shape index (κ3) is 7.45. The lowest BCUT2D eigenvalue weighted by molar-refractivity contribution is 0.0491. The molecule has 1 amide bonds. The van der Waals surface area contributed by atoms with Gasteiger partial charge in [-0.1, -0.05) is 18.2 Å². The van der Waals surface area contributed by atoms with E-state index >= 15 is 0 Å². The zero-order valence-corrected chi connectivity index (χ0v) is 25.2.